The lowest BCUT2D eigenvalue weighted by atomic mass is 9.74. The van der Waals surface area contributed by atoms with Crippen LogP contribution in [0.3, 0.4) is 0 Å². The number of hydrogen-bond donors (Lipinski definition) is 0. The molecule has 0 saturated carbocycles. The van der Waals surface area contributed by atoms with Crippen LogP contribution in [-0.2, 0) is 45.5 Å². The molecule has 3 amide bonds. The van der Waals surface area contributed by atoms with Crippen molar-refractivity contribution in [2.75, 3.05) is 11.9 Å². The summed E-state index contributed by atoms with van der Waals surface area (Å²) < 4.78 is 13.4. The molecule has 330 valence electrons. The highest BCUT2D eigenvalue weighted by atomic mass is 16.6. The summed E-state index contributed by atoms with van der Waals surface area (Å²) in [5.74, 6) is -5.19. The first-order valence-electron chi connectivity index (χ1n) is 22.1. The zero-order valence-corrected chi connectivity index (χ0v) is 36.8. The van der Waals surface area contributed by atoms with Crippen molar-refractivity contribution in [2.45, 2.75) is 62.2 Å². The molecule has 0 aromatic heterocycles. The zero-order chi connectivity index (χ0) is 45.9. The Labute approximate surface area is 383 Å². The van der Waals surface area contributed by atoms with Gasteiger partial charge in [0.2, 0.25) is 17.4 Å². The number of benzene rings is 6. The van der Waals surface area contributed by atoms with Gasteiger partial charge in [-0.3, -0.25) is 19.3 Å². The van der Waals surface area contributed by atoms with Crippen molar-refractivity contribution in [2.24, 2.45) is 5.92 Å². The molecule has 11 nitrogen and oxygen atoms in total. The molecule has 0 N–H and O–H groups in total. The summed E-state index contributed by atoms with van der Waals surface area (Å²) >= 11 is 0. The van der Waals surface area contributed by atoms with Crippen molar-refractivity contribution in [3.63, 3.8) is 0 Å². The first-order chi connectivity index (χ1) is 32.0. The maximum absolute atomic E-state index is 16.1. The predicted molar refractivity (Wildman–Crippen MR) is 247 cm³/mol. The Hall–Kier alpha value is -7.47. The molecule has 6 aromatic carbocycles. The molecular formula is C55H48N4O7. The maximum Gasteiger partial charge on any atom is 0.340 e. The predicted octanol–water partition coefficient (Wildman–Crippen LogP) is 7.92. The molecule has 3 saturated heterocycles. The van der Waals surface area contributed by atoms with Crippen LogP contribution in [0.25, 0.3) is 0 Å². The summed E-state index contributed by atoms with van der Waals surface area (Å²) in [7, 11) is 1.38. The number of likely N-dealkylation sites (N-methyl/N-ethyl adjacent to an activating group) is 1. The van der Waals surface area contributed by atoms with E-state index in [2.05, 4.69) is 6.58 Å². The van der Waals surface area contributed by atoms with Gasteiger partial charge in [-0.1, -0.05) is 175 Å². The molecule has 4 aliphatic rings. The second kappa shape index (κ2) is 16.5. The molecule has 4 heterocycles. The van der Waals surface area contributed by atoms with Crippen LogP contribution in [0.15, 0.2) is 176 Å². The first kappa shape index (κ1) is 42.5. The number of fused-ring (bicyclic) bond motifs is 7. The summed E-state index contributed by atoms with van der Waals surface area (Å²) in [5, 5.41) is 3.04. The van der Waals surface area contributed by atoms with E-state index in [1.165, 1.54) is 12.1 Å². The minimum Gasteiger partial charge on any atom is -0.451 e. The Bertz CT molecular complexity index is 2700. The smallest absolute Gasteiger partial charge is 0.340 e. The van der Waals surface area contributed by atoms with Gasteiger partial charge in [-0.2, -0.15) is 5.01 Å². The molecule has 6 aromatic rings. The van der Waals surface area contributed by atoms with Crippen LogP contribution in [0.4, 0.5) is 5.69 Å². The van der Waals surface area contributed by atoms with E-state index >= 15 is 24.0 Å². The van der Waals surface area contributed by atoms with E-state index < -0.39 is 70.9 Å². The van der Waals surface area contributed by atoms with Crippen LogP contribution in [-0.4, -0.2) is 69.2 Å². The molecule has 3 fully saturated rings. The molecule has 10 rings (SSSR count). The Kier molecular flexibility index (Phi) is 10.6. The summed E-state index contributed by atoms with van der Waals surface area (Å²) in [4.78, 5) is 81.1. The lowest BCUT2D eigenvalue weighted by Crippen LogP contribution is -2.64. The molecule has 11 heteroatoms. The normalized spacial score (nSPS) is 22.0. The number of ether oxygens (including phenoxy) is 2. The van der Waals surface area contributed by atoms with Crippen molar-refractivity contribution < 1.29 is 33.4 Å². The molecule has 0 unspecified atom stereocenters. The molecule has 4 atom stereocenters. The van der Waals surface area contributed by atoms with Crippen LogP contribution < -0.4 is 4.90 Å². The van der Waals surface area contributed by atoms with Gasteiger partial charge in [0.1, 0.15) is 6.04 Å². The van der Waals surface area contributed by atoms with Gasteiger partial charge in [-0.05, 0) is 47.2 Å². The summed E-state index contributed by atoms with van der Waals surface area (Å²) in [5.41, 5.74) is 1.69. The number of carbonyl (C=O) groups excluding carboxylic acids is 5. The van der Waals surface area contributed by atoms with E-state index in [0.717, 1.165) is 21.6 Å². The Morgan fingerprint density at radius 3 is 1.58 bits per heavy atom. The van der Waals surface area contributed by atoms with Crippen molar-refractivity contribution >= 4 is 35.3 Å². The number of anilines is 1. The van der Waals surface area contributed by atoms with E-state index in [4.69, 9.17) is 9.47 Å². The summed E-state index contributed by atoms with van der Waals surface area (Å²) in [6, 6.07) is 47.7. The monoisotopic (exact) mass is 876 g/mol. The molecule has 0 bridgehead atoms. The second-order valence-corrected chi connectivity index (χ2v) is 17.5. The molecule has 0 aliphatic carbocycles. The van der Waals surface area contributed by atoms with E-state index in [1.54, 1.807) is 16.0 Å². The number of nitrogens with zero attached hydrogens (tertiary/aromatic N) is 4. The number of rotatable bonds is 11. The minimum absolute atomic E-state index is 0.154. The number of amides is 3. The van der Waals surface area contributed by atoms with E-state index in [0.29, 0.717) is 33.5 Å². The topological polar surface area (TPSA) is 117 Å². The van der Waals surface area contributed by atoms with Crippen molar-refractivity contribution in [1.29, 1.82) is 0 Å². The fourth-order valence-corrected chi connectivity index (χ4v) is 10.9. The van der Waals surface area contributed by atoms with Gasteiger partial charge in [0, 0.05) is 25.1 Å². The highest BCUT2D eigenvalue weighted by molar-refractivity contribution is 6.18. The third-order valence-corrected chi connectivity index (χ3v) is 13.7. The van der Waals surface area contributed by atoms with E-state index in [9.17, 15) is 0 Å². The number of aryl methyl sites for hydroxylation is 2. The molecule has 66 heavy (non-hydrogen) atoms. The third kappa shape index (κ3) is 6.36. The Balaban J connectivity index is 1.21. The van der Waals surface area contributed by atoms with Gasteiger partial charge < -0.3 is 14.4 Å². The van der Waals surface area contributed by atoms with Crippen LogP contribution in [0, 0.1) is 19.8 Å². The third-order valence-electron chi connectivity index (χ3n) is 13.7. The van der Waals surface area contributed by atoms with Gasteiger partial charge >= 0.3 is 11.9 Å². The van der Waals surface area contributed by atoms with Gasteiger partial charge in [0.05, 0.1) is 18.2 Å². The van der Waals surface area contributed by atoms with Crippen LogP contribution >= 0.6 is 0 Å². The molecule has 4 aliphatic heterocycles. The van der Waals surface area contributed by atoms with E-state index in [-0.39, 0.29) is 13.0 Å². The van der Waals surface area contributed by atoms with Gasteiger partial charge in [0.25, 0.3) is 5.91 Å². The Morgan fingerprint density at radius 1 is 0.667 bits per heavy atom. The van der Waals surface area contributed by atoms with E-state index in [1.807, 2.05) is 178 Å². The quantitative estimate of drug-likeness (QED) is 0.0554. The van der Waals surface area contributed by atoms with Crippen LogP contribution in [0.5, 0.6) is 0 Å². The number of carbonyl (C=O) groups is 5. The SMILES string of the molecule is C=C[C@@H]1CC(C(=O)OC(c2ccccc2)c2ccccc2)(C(=O)OC(c2ccccc2)c2ccccc2)N2[C@@H]3C(=O)N(C)C(=O)[C@@H]3[C@@]3(C(=O)N(Cc4ccccc4)c4c(C)cc(C)cc43)N12. The van der Waals surface area contributed by atoms with Gasteiger partial charge in [-0.15, -0.1) is 6.58 Å². The Morgan fingerprint density at radius 2 is 1.12 bits per heavy atom. The van der Waals surface area contributed by atoms with Gasteiger partial charge in [0.15, 0.2) is 17.7 Å². The van der Waals surface area contributed by atoms with Crippen LogP contribution in [0.2, 0.25) is 0 Å². The average molecular weight is 877 g/mol. The largest absolute Gasteiger partial charge is 0.451 e. The summed E-state index contributed by atoms with van der Waals surface area (Å²) in [6.07, 6.45) is -0.792. The van der Waals surface area contributed by atoms with Crippen molar-refractivity contribution in [3.05, 3.63) is 221 Å². The van der Waals surface area contributed by atoms with Crippen molar-refractivity contribution in [3.8, 4) is 0 Å². The molecule has 0 radical (unpaired) electrons. The lowest BCUT2D eigenvalue weighted by Gasteiger charge is -2.42. The van der Waals surface area contributed by atoms with Gasteiger partial charge in [-0.25, -0.2) is 14.6 Å². The fourth-order valence-electron chi connectivity index (χ4n) is 10.9. The molecule has 1 spiro atoms. The zero-order valence-electron chi connectivity index (χ0n) is 36.8. The fraction of sp³-hybridized carbons (Fsp3) is 0.218. The average Bonchev–Trinajstić information content (AvgIpc) is 4.01. The van der Waals surface area contributed by atoms with Crippen molar-refractivity contribution in [1.82, 2.24) is 14.9 Å². The summed E-state index contributed by atoms with van der Waals surface area (Å²) in [6.45, 7) is 8.21. The lowest BCUT2D eigenvalue weighted by molar-refractivity contribution is -0.192. The maximum atomic E-state index is 16.1. The number of hydrazine groups is 1. The minimum atomic E-state index is -2.46. The highest BCUT2D eigenvalue weighted by Crippen LogP contribution is 2.64. The second-order valence-electron chi connectivity index (χ2n) is 17.5. The standard InChI is InChI=1S/C55H48N4O7/c1-5-42-33-54(52(63)65-47(38-23-13-7-14-24-38)39-25-15-8-16-26-39,53(64)66-48(40-27-17-9-18-28-40)41-29-19-10-20-30-41)59-46-44(49(60)56(4)50(46)61)55(58(42)59)43-32-35(2)31-36(3)45(43)57(51(55)62)34-37-21-11-6-12-22-37/h5-32,42,44,46-48H,1,33-34H2,2-4H3/t42-,44-,46+,55+/m1/s1. The number of imide groups is 1. The van der Waals surface area contributed by atoms with Crippen LogP contribution in [0.1, 0.15) is 63.1 Å². The number of likely N-dealkylation sites (tertiary alicyclic amines) is 1. The number of hydrogen-bond acceptors (Lipinski definition) is 9. The first-order valence-corrected chi connectivity index (χ1v) is 22.1. The molecular weight excluding hydrogens is 829 g/mol. The number of esters is 2. The highest BCUT2D eigenvalue weighted by Gasteiger charge is 2.83.